The van der Waals surface area contributed by atoms with Crippen molar-refractivity contribution in [2.75, 3.05) is 0 Å². The molecule has 0 saturated heterocycles. The van der Waals surface area contributed by atoms with E-state index in [0.717, 1.165) is 11.1 Å². The molecule has 4 nitrogen and oxygen atoms in total. The Hall–Kier alpha value is -1.42. The van der Waals surface area contributed by atoms with Gasteiger partial charge in [-0.05, 0) is 18.1 Å². The van der Waals surface area contributed by atoms with E-state index >= 15 is 0 Å². The fourth-order valence-corrected chi connectivity index (χ4v) is 1.00. The second-order valence-corrected chi connectivity index (χ2v) is 2.58. The van der Waals surface area contributed by atoms with E-state index in [0.29, 0.717) is 12.2 Å². The van der Waals surface area contributed by atoms with Crippen LogP contribution in [-0.4, -0.2) is 10.9 Å². The lowest BCUT2D eigenvalue weighted by molar-refractivity contribution is 0.0995. The molecule has 0 saturated carbocycles. The van der Waals surface area contributed by atoms with Crippen molar-refractivity contribution in [3.8, 4) is 0 Å². The van der Waals surface area contributed by atoms with E-state index in [4.69, 9.17) is 11.5 Å². The monoisotopic (exact) mass is 165 g/mol. The first-order chi connectivity index (χ1) is 5.65. The summed E-state index contributed by atoms with van der Waals surface area (Å²) in [5, 5.41) is 0. The van der Waals surface area contributed by atoms with Gasteiger partial charge in [0.25, 0.3) is 5.91 Å². The Morgan fingerprint density at radius 1 is 1.67 bits per heavy atom. The van der Waals surface area contributed by atoms with Crippen LogP contribution in [0.1, 0.15) is 21.6 Å². The molecular weight excluding hydrogens is 154 g/mol. The number of rotatable bonds is 2. The van der Waals surface area contributed by atoms with Gasteiger partial charge in [0, 0.05) is 12.7 Å². The average molecular weight is 165 g/mol. The molecule has 1 amide bonds. The van der Waals surface area contributed by atoms with Gasteiger partial charge in [-0.25, -0.2) is 0 Å². The molecule has 1 rings (SSSR count). The number of hydrogen-bond acceptors (Lipinski definition) is 3. The Morgan fingerprint density at radius 2 is 2.33 bits per heavy atom. The maximum atomic E-state index is 10.7. The number of carbonyl (C=O) groups excluding carboxylic acids is 1. The van der Waals surface area contributed by atoms with Gasteiger partial charge < -0.3 is 11.5 Å². The van der Waals surface area contributed by atoms with Crippen LogP contribution in [-0.2, 0) is 6.54 Å². The van der Waals surface area contributed by atoms with Gasteiger partial charge in [0.15, 0.2) is 0 Å². The molecule has 0 radical (unpaired) electrons. The molecule has 1 aromatic heterocycles. The molecule has 0 unspecified atom stereocenters. The highest BCUT2D eigenvalue weighted by Crippen LogP contribution is 2.05. The van der Waals surface area contributed by atoms with Crippen LogP contribution in [0.3, 0.4) is 0 Å². The summed E-state index contributed by atoms with van der Waals surface area (Å²) in [5.74, 6) is -0.504. The van der Waals surface area contributed by atoms with E-state index in [1.165, 1.54) is 0 Å². The normalized spacial score (nSPS) is 9.83. The number of aryl methyl sites for hydroxylation is 1. The molecular formula is C8H11N3O. The van der Waals surface area contributed by atoms with Crippen LogP contribution >= 0.6 is 0 Å². The molecule has 12 heavy (non-hydrogen) atoms. The lowest BCUT2D eigenvalue weighted by Gasteiger charge is -2.01. The number of hydrogen-bond donors (Lipinski definition) is 2. The van der Waals surface area contributed by atoms with Crippen LogP contribution in [0.5, 0.6) is 0 Å². The largest absolute Gasteiger partial charge is 0.364 e. The molecule has 1 heterocycles. The van der Waals surface area contributed by atoms with Crippen LogP contribution < -0.4 is 11.5 Å². The summed E-state index contributed by atoms with van der Waals surface area (Å²) in [6.45, 7) is 2.21. The van der Waals surface area contributed by atoms with Gasteiger partial charge in [-0.2, -0.15) is 0 Å². The smallest absolute Gasteiger partial charge is 0.267 e. The SMILES string of the molecule is Cc1cc(CN)cnc1C(N)=O. The highest BCUT2D eigenvalue weighted by molar-refractivity contribution is 5.92. The molecule has 0 aliphatic carbocycles. The maximum Gasteiger partial charge on any atom is 0.267 e. The van der Waals surface area contributed by atoms with Crippen molar-refractivity contribution in [3.63, 3.8) is 0 Å². The summed E-state index contributed by atoms with van der Waals surface area (Å²) in [6, 6.07) is 1.81. The Kier molecular flexibility index (Phi) is 2.40. The fraction of sp³-hybridized carbons (Fsp3) is 0.250. The first-order valence-electron chi connectivity index (χ1n) is 3.60. The summed E-state index contributed by atoms with van der Waals surface area (Å²) in [7, 11) is 0. The van der Waals surface area contributed by atoms with Gasteiger partial charge in [-0.1, -0.05) is 6.07 Å². The number of pyridine rings is 1. The number of amides is 1. The Labute approximate surface area is 70.6 Å². The number of carbonyl (C=O) groups is 1. The van der Waals surface area contributed by atoms with Crippen LogP contribution in [0.4, 0.5) is 0 Å². The number of primary amides is 1. The minimum Gasteiger partial charge on any atom is -0.364 e. The van der Waals surface area contributed by atoms with Crippen LogP contribution in [0.15, 0.2) is 12.3 Å². The lowest BCUT2D eigenvalue weighted by Crippen LogP contribution is -2.15. The predicted molar refractivity (Wildman–Crippen MR) is 45.4 cm³/mol. The quantitative estimate of drug-likeness (QED) is 0.644. The van der Waals surface area contributed by atoms with Gasteiger partial charge in [0.05, 0.1) is 0 Å². The molecule has 4 N–H and O–H groups in total. The van der Waals surface area contributed by atoms with Crippen molar-refractivity contribution in [3.05, 3.63) is 29.1 Å². The molecule has 0 aromatic carbocycles. The molecule has 0 bridgehead atoms. The average Bonchev–Trinajstić information content (AvgIpc) is 2.03. The second-order valence-electron chi connectivity index (χ2n) is 2.58. The molecule has 0 spiro atoms. The molecule has 0 aliphatic heterocycles. The zero-order chi connectivity index (χ0) is 9.14. The minimum absolute atomic E-state index is 0.312. The van der Waals surface area contributed by atoms with Gasteiger partial charge in [0.2, 0.25) is 0 Å². The van der Waals surface area contributed by atoms with Crippen LogP contribution in [0.25, 0.3) is 0 Å². The Balaban J connectivity index is 3.12. The van der Waals surface area contributed by atoms with E-state index < -0.39 is 5.91 Å². The van der Waals surface area contributed by atoms with E-state index in [9.17, 15) is 4.79 Å². The van der Waals surface area contributed by atoms with Crippen LogP contribution in [0, 0.1) is 6.92 Å². The molecule has 1 aromatic rings. The molecule has 0 fully saturated rings. The summed E-state index contributed by atoms with van der Waals surface area (Å²) >= 11 is 0. The van der Waals surface area contributed by atoms with Crippen molar-refractivity contribution >= 4 is 5.91 Å². The van der Waals surface area contributed by atoms with Crippen molar-refractivity contribution in [2.24, 2.45) is 11.5 Å². The van der Waals surface area contributed by atoms with E-state index in [-0.39, 0.29) is 0 Å². The summed E-state index contributed by atoms with van der Waals surface area (Å²) in [4.78, 5) is 14.6. The van der Waals surface area contributed by atoms with E-state index in [2.05, 4.69) is 4.98 Å². The van der Waals surface area contributed by atoms with Crippen LogP contribution in [0.2, 0.25) is 0 Å². The molecule has 0 aliphatic rings. The standard InChI is InChI=1S/C8H11N3O/c1-5-2-6(3-9)4-11-7(5)8(10)12/h2,4H,3,9H2,1H3,(H2,10,12). The van der Waals surface area contributed by atoms with Crippen molar-refractivity contribution < 1.29 is 4.79 Å². The third-order valence-electron chi connectivity index (χ3n) is 1.60. The molecule has 0 atom stereocenters. The van der Waals surface area contributed by atoms with Crippen molar-refractivity contribution in [2.45, 2.75) is 13.5 Å². The van der Waals surface area contributed by atoms with Crippen molar-refractivity contribution in [1.82, 2.24) is 4.98 Å². The Morgan fingerprint density at radius 3 is 2.75 bits per heavy atom. The minimum atomic E-state index is -0.504. The van der Waals surface area contributed by atoms with Gasteiger partial charge in [-0.3, -0.25) is 9.78 Å². The molecule has 64 valence electrons. The van der Waals surface area contributed by atoms with E-state index in [1.54, 1.807) is 13.1 Å². The zero-order valence-electron chi connectivity index (χ0n) is 6.87. The maximum absolute atomic E-state index is 10.7. The van der Waals surface area contributed by atoms with Gasteiger partial charge >= 0.3 is 0 Å². The number of nitrogens with two attached hydrogens (primary N) is 2. The fourth-order valence-electron chi connectivity index (χ4n) is 1.00. The third kappa shape index (κ3) is 1.60. The number of aromatic nitrogens is 1. The third-order valence-corrected chi connectivity index (χ3v) is 1.60. The van der Waals surface area contributed by atoms with Gasteiger partial charge in [-0.15, -0.1) is 0 Å². The Bertz CT molecular complexity index is 309. The highest BCUT2D eigenvalue weighted by Gasteiger charge is 2.05. The summed E-state index contributed by atoms with van der Waals surface area (Å²) in [6.07, 6.45) is 1.56. The topological polar surface area (TPSA) is 82.0 Å². The summed E-state index contributed by atoms with van der Waals surface area (Å²) < 4.78 is 0. The van der Waals surface area contributed by atoms with Gasteiger partial charge in [0.1, 0.15) is 5.69 Å². The van der Waals surface area contributed by atoms with E-state index in [1.807, 2.05) is 6.07 Å². The first kappa shape index (κ1) is 8.67. The lowest BCUT2D eigenvalue weighted by atomic mass is 10.1. The summed E-state index contributed by atoms with van der Waals surface area (Å²) in [5.41, 5.74) is 12.4. The first-order valence-corrected chi connectivity index (χ1v) is 3.60. The zero-order valence-corrected chi connectivity index (χ0v) is 6.87. The predicted octanol–water partition coefficient (Wildman–Crippen LogP) is -0.0524. The van der Waals surface area contributed by atoms with Crippen molar-refractivity contribution in [1.29, 1.82) is 0 Å². The highest BCUT2D eigenvalue weighted by atomic mass is 16.1. The second kappa shape index (κ2) is 3.32. The molecule has 4 heteroatoms. The number of nitrogens with zero attached hydrogens (tertiary/aromatic N) is 1.